The van der Waals surface area contributed by atoms with E-state index in [1.807, 2.05) is 31.2 Å². The van der Waals surface area contributed by atoms with Gasteiger partial charge >= 0.3 is 0 Å². The van der Waals surface area contributed by atoms with E-state index in [-0.39, 0.29) is 12.4 Å². The zero-order valence-electron chi connectivity index (χ0n) is 10.2. The summed E-state index contributed by atoms with van der Waals surface area (Å²) in [7, 11) is 0. The van der Waals surface area contributed by atoms with Crippen molar-refractivity contribution < 1.29 is 14.2 Å². The third kappa shape index (κ3) is 2.87. The molecule has 0 heterocycles. The molecular formula is C15H15FO2. The van der Waals surface area contributed by atoms with E-state index in [2.05, 4.69) is 0 Å². The quantitative estimate of drug-likeness (QED) is 0.897. The Balaban J connectivity index is 2.13. The maximum absolute atomic E-state index is 13.0. The summed E-state index contributed by atoms with van der Waals surface area (Å²) in [5.41, 5.74) is 2.68. The van der Waals surface area contributed by atoms with Crippen molar-refractivity contribution in [3.63, 3.8) is 0 Å². The van der Waals surface area contributed by atoms with E-state index in [1.165, 1.54) is 12.1 Å². The molecule has 0 aromatic heterocycles. The van der Waals surface area contributed by atoms with Crippen molar-refractivity contribution in [3.05, 3.63) is 65.0 Å². The number of aliphatic hydroxyl groups is 1. The molecular weight excluding hydrogens is 231 g/mol. The van der Waals surface area contributed by atoms with E-state index in [0.717, 1.165) is 11.1 Å². The van der Waals surface area contributed by atoms with Gasteiger partial charge in [0.2, 0.25) is 0 Å². The van der Waals surface area contributed by atoms with Crippen molar-refractivity contribution in [2.24, 2.45) is 0 Å². The van der Waals surface area contributed by atoms with Gasteiger partial charge in [0.25, 0.3) is 0 Å². The first-order valence-corrected chi connectivity index (χ1v) is 5.77. The Morgan fingerprint density at radius 2 is 1.89 bits per heavy atom. The van der Waals surface area contributed by atoms with Gasteiger partial charge in [0.15, 0.2) is 0 Å². The van der Waals surface area contributed by atoms with E-state index in [4.69, 9.17) is 9.84 Å². The van der Waals surface area contributed by atoms with Crippen LogP contribution >= 0.6 is 0 Å². The van der Waals surface area contributed by atoms with Gasteiger partial charge in [-0.1, -0.05) is 24.3 Å². The van der Waals surface area contributed by atoms with Gasteiger partial charge in [-0.2, -0.15) is 0 Å². The molecule has 0 aliphatic heterocycles. The number of benzene rings is 2. The highest BCUT2D eigenvalue weighted by atomic mass is 19.1. The predicted molar refractivity (Wildman–Crippen MR) is 67.8 cm³/mol. The Kier molecular flexibility index (Phi) is 3.95. The summed E-state index contributed by atoms with van der Waals surface area (Å²) in [6.07, 6.45) is 0. The SMILES string of the molecule is Cc1ccccc1COc1ccc(F)cc1CO. The topological polar surface area (TPSA) is 29.5 Å². The highest BCUT2D eigenvalue weighted by Crippen LogP contribution is 2.21. The number of aryl methyl sites for hydroxylation is 1. The number of hydrogen-bond donors (Lipinski definition) is 1. The van der Waals surface area contributed by atoms with Crippen LogP contribution in [-0.4, -0.2) is 5.11 Å². The van der Waals surface area contributed by atoms with Crippen molar-refractivity contribution in [3.8, 4) is 5.75 Å². The van der Waals surface area contributed by atoms with Crippen LogP contribution in [0.25, 0.3) is 0 Å². The van der Waals surface area contributed by atoms with E-state index < -0.39 is 0 Å². The Bertz CT molecular complexity index is 538. The fourth-order valence-electron chi connectivity index (χ4n) is 1.74. The molecule has 3 heteroatoms. The van der Waals surface area contributed by atoms with E-state index >= 15 is 0 Å². The van der Waals surface area contributed by atoms with Gasteiger partial charge in [-0.15, -0.1) is 0 Å². The first kappa shape index (κ1) is 12.6. The second kappa shape index (κ2) is 5.65. The fraction of sp³-hybridized carbons (Fsp3) is 0.200. The molecule has 94 valence electrons. The predicted octanol–water partition coefficient (Wildman–Crippen LogP) is 3.21. The van der Waals surface area contributed by atoms with Gasteiger partial charge in [-0.25, -0.2) is 4.39 Å². The summed E-state index contributed by atoms with van der Waals surface area (Å²) >= 11 is 0. The number of rotatable bonds is 4. The molecule has 0 aliphatic carbocycles. The van der Waals surface area contributed by atoms with Crippen LogP contribution < -0.4 is 4.74 Å². The van der Waals surface area contributed by atoms with Crippen LogP contribution in [0.1, 0.15) is 16.7 Å². The van der Waals surface area contributed by atoms with Crippen LogP contribution in [0.5, 0.6) is 5.75 Å². The normalized spacial score (nSPS) is 10.4. The van der Waals surface area contributed by atoms with Gasteiger partial charge in [-0.3, -0.25) is 0 Å². The first-order chi connectivity index (χ1) is 8.70. The molecule has 0 saturated heterocycles. The Labute approximate surface area is 106 Å². The molecule has 1 N–H and O–H groups in total. The zero-order valence-corrected chi connectivity index (χ0v) is 10.2. The summed E-state index contributed by atoms with van der Waals surface area (Å²) in [5, 5.41) is 9.15. The van der Waals surface area contributed by atoms with E-state index in [9.17, 15) is 4.39 Å². The fourth-order valence-corrected chi connectivity index (χ4v) is 1.74. The van der Waals surface area contributed by atoms with Gasteiger partial charge in [-0.05, 0) is 36.2 Å². The van der Waals surface area contributed by atoms with Crippen molar-refractivity contribution >= 4 is 0 Å². The van der Waals surface area contributed by atoms with Crippen molar-refractivity contribution in [1.82, 2.24) is 0 Å². The lowest BCUT2D eigenvalue weighted by atomic mass is 10.1. The molecule has 0 amide bonds. The van der Waals surface area contributed by atoms with Crippen molar-refractivity contribution in [2.75, 3.05) is 0 Å². The van der Waals surface area contributed by atoms with E-state index in [1.54, 1.807) is 6.07 Å². The monoisotopic (exact) mass is 246 g/mol. The van der Waals surface area contributed by atoms with Gasteiger partial charge in [0.05, 0.1) is 6.61 Å². The zero-order chi connectivity index (χ0) is 13.0. The molecule has 0 saturated carbocycles. The number of aliphatic hydroxyl groups excluding tert-OH is 1. The lowest BCUT2D eigenvalue weighted by molar-refractivity contribution is 0.258. The number of halogens is 1. The molecule has 0 atom stereocenters. The average Bonchev–Trinajstić information content (AvgIpc) is 2.39. The summed E-state index contributed by atoms with van der Waals surface area (Å²) in [4.78, 5) is 0. The van der Waals surface area contributed by atoms with Crippen LogP contribution in [0, 0.1) is 12.7 Å². The summed E-state index contributed by atoms with van der Waals surface area (Å²) < 4.78 is 18.6. The standard InChI is InChI=1S/C15H15FO2/c1-11-4-2-3-5-12(11)10-18-15-7-6-14(16)8-13(15)9-17/h2-8,17H,9-10H2,1H3. The van der Waals surface area contributed by atoms with Crippen molar-refractivity contribution in [2.45, 2.75) is 20.1 Å². The smallest absolute Gasteiger partial charge is 0.125 e. The summed E-state index contributed by atoms with van der Waals surface area (Å²) in [5.74, 6) is 0.143. The van der Waals surface area contributed by atoms with E-state index in [0.29, 0.717) is 17.9 Å². The summed E-state index contributed by atoms with van der Waals surface area (Å²) in [6, 6.07) is 12.1. The molecule has 0 unspecified atom stereocenters. The van der Waals surface area contributed by atoms with Gasteiger partial charge < -0.3 is 9.84 Å². The molecule has 0 aliphatic rings. The van der Waals surface area contributed by atoms with Crippen LogP contribution in [0.3, 0.4) is 0 Å². The second-order valence-electron chi connectivity index (χ2n) is 4.13. The Hall–Kier alpha value is -1.87. The third-order valence-corrected chi connectivity index (χ3v) is 2.84. The molecule has 2 aromatic carbocycles. The van der Waals surface area contributed by atoms with Crippen LogP contribution in [0.4, 0.5) is 4.39 Å². The van der Waals surface area contributed by atoms with Crippen molar-refractivity contribution in [1.29, 1.82) is 0 Å². The Morgan fingerprint density at radius 3 is 2.61 bits per heavy atom. The minimum Gasteiger partial charge on any atom is -0.489 e. The molecule has 0 spiro atoms. The highest BCUT2D eigenvalue weighted by Gasteiger charge is 2.05. The van der Waals surface area contributed by atoms with Gasteiger partial charge in [0, 0.05) is 5.56 Å². The number of ether oxygens (including phenoxy) is 1. The minimum atomic E-state index is -0.373. The number of hydrogen-bond acceptors (Lipinski definition) is 2. The maximum Gasteiger partial charge on any atom is 0.125 e. The lowest BCUT2D eigenvalue weighted by Crippen LogP contribution is -2.00. The minimum absolute atomic E-state index is 0.235. The molecule has 2 aromatic rings. The highest BCUT2D eigenvalue weighted by molar-refractivity contribution is 5.34. The molecule has 2 nitrogen and oxygen atoms in total. The molecule has 0 fully saturated rings. The third-order valence-electron chi connectivity index (χ3n) is 2.84. The van der Waals surface area contributed by atoms with Crippen LogP contribution in [0.2, 0.25) is 0 Å². The average molecular weight is 246 g/mol. The molecule has 2 rings (SSSR count). The molecule has 18 heavy (non-hydrogen) atoms. The first-order valence-electron chi connectivity index (χ1n) is 5.77. The van der Waals surface area contributed by atoms with Gasteiger partial charge in [0.1, 0.15) is 18.2 Å². The molecule has 0 bridgehead atoms. The second-order valence-corrected chi connectivity index (χ2v) is 4.13. The lowest BCUT2D eigenvalue weighted by Gasteiger charge is -2.11. The summed E-state index contributed by atoms with van der Waals surface area (Å²) in [6.45, 7) is 2.18. The van der Waals surface area contributed by atoms with Crippen LogP contribution in [-0.2, 0) is 13.2 Å². The largest absolute Gasteiger partial charge is 0.489 e. The Morgan fingerprint density at radius 1 is 1.11 bits per heavy atom. The van der Waals surface area contributed by atoms with Crippen LogP contribution in [0.15, 0.2) is 42.5 Å². The molecule has 0 radical (unpaired) electrons. The maximum atomic E-state index is 13.0.